The predicted octanol–water partition coefficient (Wildman–Crippen LogP) is 1.54. The molecule has 0 aromatic heterocycles. The average molecular weight is 326 g/mol. The molecular formula is C19H26N4O. The van der Waals surface area contributed by atoms with E-state index >= 15 is 0 Å². The lowest BCUT2D eigenvalue weighted by molar-refractivity contribution is -0.130. The van der Waals surface area contributed by atoms with Gasteiger partial charge in [-0.2, -0.15) is 5.26 Å². The molecule has 2 aliphatic rings. The van der Waals surface area contributed by atoms with Crippen LogP contribution in [0.3, 0.4) is 0 Å². The van der Waals surface area contributed by atoms with Crippen LogP contribution in [0, 0.1) is 17.2 Å². The number of hydrogen-bond donors (Lipinski definition) is 0. The summed E-state index contributed by atoms with van der Waals surface area (Å²) in [5.41, 5.74) is 1.90. The van der Waals surface area contributed by atoms with E-state index in [-0.39, 0.29) is 5.91 Å². The quantitative estimate of drug-likeness (QED) is 0.845. The van der Waals surface area contributed by atoms with Gasteiger partial charge in [0.1, 0.15) is 0 Å². The summed E-state index contributed by atoms with van der Waals surface area (Å²) in [6, 6.07) is 10.7. The molecule has 2 saturated heterocycles. The van der Waals surface area contributed by atoms with Crippen molar-refractivity contribution in [1.82, 2.24) is 14.7 Å². The van der Waals surface area contributed by atoms with Gasteiger partial charge in [-0.3, -0.25) is 14.6 Å². The molecule has 2 heterocycles. The average Bonchev–Trinajstić information content (AvgIpc) is 2.96. The van der Waals surface area contributed by atoms with E-state index in [1.165, 1.54) is 0 Å². The minimum Gasteiger partial charge on any atom is -0.340 e. The van der Waals surface area contributed by atoms with E-state index in [0.29, 0.717) is 12.0 Å². The Labute approximate surface area is 144 Å². The summed E-state index contributed by atoms with van der Waals surface area (Å²) in [5.74, 6) is 0.798. The van der Waals surface area contributed by atoms with Gasteiger partial charge in [-0.05, 0) is 17.5 Å². The third-order valence-electron chi connectivity index (χ3n) is 5.41. The van der Waals surface area contributed by atoms with Gasteiger partial charge in [0.05, 0.1) is 11.6 Å². The number of rotatable bonds is 3. The molecule has 0 bridgehead atoms. The maximum atomic E-state index is 11.5. The number of carbonyl (C=O) groups is 1. The highest BCUT2D eigenvalue weighted by Crippen LogP contribution is 2.25. The molecule has 2 unspecified atom stereocenters. The maximum Gasteiger partial charge on any atom is 0.219 e. The fourth-order valence-electron chi connectivity index (χ4n) is 4.03. The topological polar surface area (TPSA) is 50.6 Å². The second-order valence-corrected chi connectivity index (χ2v) is 7.05. The summed E-state index contributed by atoms with van der Waals surface area (Å²) in [4.78, 5) is 18.4. The van der Waals surface area contributed by atoms with Crippen LogP contribution in [0.15, 0.2) is 24.3 Å². The van der Waals surface area contributed by atoms with Crippen molar-refractivity contribution in [3.05, 3.63) is 35.4 Å². The Kier molecular flexibility index (Phi) is 5.17. The van der Waals surface area contributed by atoms with Gasteiger partial charge in [-0.25, -0.2) is 0 Å². The van der Waals surface area contributed by atoms with Crippen LogP contribution in [-0.4, -0.2) is 65.9 Å². The Morgan fingerprint density at radius 3 is 2.58 bits per heavy atom. The van der Waals surface area contributed by atoms with Crippen LogP contribution >= 0.6 is 0 Å². The van der Waals surface area contributed by atoms with Crippen molar-refractivity contribution in [1.29, 1.82) is 5.26 Å². The van der Waals surface area contributed by atoms with Crippen LogP contribution in [-0.2, 0) is 11.3 Å². The van der Waals surface area contributed by atoms with Crippen molar-refractivity contribution in [2.45, 2.75) is 26.4 Å². The van der Waals surface area contributed by atoms with E-state index < -0.39 is 0 Å². The standard InChI is InChI=1S/C19H26N4O/c1-15-12-21(13-18-6-4-3-5-17(18)11-20)14-19(15)23-9-7-22(8-10-23)16(2)24/h3-6,15,19H,7-10,12-14H2,1-2H3. The molecule has 0 spiro atoms. The summed E-state index contributed by atoms with van der Waals surface area (Å²) in [6.45, 7) is 10.6. The van der Waals surface area contributed by atoms with Crippen molar-refractivity contribution in [2.75, 3.05) is 39.3 Å². The van der Waals surface area contributed by atoms with Gasteiger partial charge in [-0.15, -0.1) is 0 Å². The summed E-state index contributed by atoms with van der Waals surface area (Å²) < 4.78 is 0. The van der Waals surface area contributed by atoms with Crippen molar-refractivity contribution in [2.24, 2.45) is 5.92 Å². The van der Waals surface area contributed by atoms with Crippen LogP contribution in [0.2, 0.25) is 0 Å². The molecule has 0 saturated carbocycles. The van der Waals surface area contributed by atoms with E-state index in [1.807, 2.05) is 23.1 Å². The third-order valence-corrected chi connectivity index (χ3v) is 5.41. The zero-order valence-electron chi connectivity index (χ0n) is 14.6. The first-order chi connectivity index (χ1) is 11.6. The van der Waals surface area contributed by atoms with Crippen LogP contribution in [0.5, 0.6) is 0 Å². The molecule has 1 aromatic rings. The van der Waals surface area contributed by atoms with Gasteiger partial charge in [0.15, 0.2) is 0 Å². The number of nitrogens with zero attached hydrogens (tertiary/aromatic N) is 4. The van der Waals surface area contributed by atoms with Crippen molar-refractivity contribution >= 4 is 5.91 Å². The van der Waals surface area contributed by atoms with Crippen molar-refractivity contribution in [3.8, 4) is 6.07 Å². The van der Waals surface area contributed by atoms with Gasteiger partial charge in [0, 0.05) is 58.8 Å². The van der Waals surface area contributed by atoms with Crippen LogP contribution in [0.25, 0.3) is 0 Å². The Bertz CT molecular complexity index is 630. The first kappa shape index (κ1) is 16.9. The lowest BCUT2D eigenvalue weighted by Gasteiger charge is -2.39. The largest absolute Gasteiger partial charge is 0.340 e. The zero-order valence-corrected chi connectivity index (χ0v) is 14.6. The highest BCUT2D eigenvalue weighted by molar-refractivity contribution is 5.73. The highest BCUT2D eigenvalue weighted by atomic mass is 16.2. The molecule has 1 amide bonds. The Balaban J connectivity index is 1.59. The summed E-state index contributed by atoms with van der Waals surface area (Å²) >= 11 is 0. The number of benzene rings is 1. The van der Waals surface area contributed by atoms with Gasteiger partial charge in [-0.1, -0.05) is 25.1 Å². The van der Waals surface area contributed by atoms with E-state index in [9.17, 15) is 10.1 Å². The maximum absolute atomic E-state index is 11.5. The third kappa shape index (κ3) is 3.61. The molecule has 5 nitrogen and oxygen atoms in total. The van der Waals surface area contributed by atoms with Crippen LogP contribution in [0.1, 0.15) is 25.0 Å². The van der Waals surface area contributed by atoms with Gasteiger partial charge in [0.25, 0.3) is 0 Å². The van der Waals surface area contributed by atoms with E-state index in [2.05, 4.69) is 28.9 Å². The molecule has 1 aromatic carbocycles. The molecule has 2 aliphatic heterocycles. The monoisotopic (exact) mass is 326 g/mol. The number of carbonyl (C=O) groups excluding carboxylic acids is 1. The number of piperazine rings is 1. The SMILES string of the molecule is CC(=O)N1CCN(C2CN(Cc3ccccc3C#N)CC2C)CC1. The molecular weight excluding hydrogens is 300 g/mol. The molecule has 0 aliphatic carbocycles. The lowest BCUT2D eigenvalue weighted by atomic mass is 10.0. The Morgan fingerprint density at radius 1 is 1.21 bits per heavy atom. The second kappa shape index (κ2) is 7.33. The fraction of sp³-hybridized carbons (Fsp3) is 0.579. The van der Waals surface area contributed by atoms with E-state index in [4.69, 9.17) is 0 Å². The van der Waals surface area contributed by atoms with Gasteiger partial charge >= 0.3 is 0 Å². The smallest absolute Gasteiger partial charge is 0.219 e. The number of hydrogen-bond acceptors (Lipinski definition) is 4. The van der Waals surface area contributed by atoms with Crippen LogP contribution in [0.4, 0.5) is 0 Å². The highest BCUT2D eigenvalue weighted by Gasteiger charge is 2.35. The van der Waals surface area contributed by atoms with Crippen LogP contribution < -0.4 is 0 Å². The minimum absolute atomic E-state index is 0.184. The molecule has 24 heavy (non-hydrogen) atoms. The Morgan fingerprint density at radius 2 is 1.92 bits per heavy atom. The van der Waals surface area contributed by atoms with E-state index in [0.717, 1.165) is 56.9 Å². The molecule has 5 heteroatoms. The van der Waals surface area contributed by atoms with Gasteiger partial charge < -0.3 is 4.90 Å². The van der Waals surface area contributed by atoms with E-state index in [1.54, 1.807) is 6.92 Å². The lowest BCUT2D eigenvalue weighted by Crippen LogP contribution is -2.53. The molecule has 2 atom stereocenters. The molecule has 3 rings (SSSR count). The number of nitriles is 1. The summed E-state index contributed by atoms with van der Waals surface area (Å²) in [6.07, 6.45) is 0. The predicted molar refractivity (Wildman–Crippen MR) is 93.2 cm³/mol. The number of amides is 1. The zero-order chi connectivity index (χ0) is 17.1. The Hall–Kier alpha value is -1.90. The summed E-state index contributed by atoms with van der Waals surface area (Å²) in [5, 5.41) is 9.26. The first-order valence-electron chi connectivity index (χ1n) is 8.78. The fourth-order valence-corrected chi connectivity index (χ4v) is 4.03. The molecule has 0 N–H and O–H groups in total. The first-order valence-corrected chi connectivity index (χ1v) is 8.78. The number of likely N-dealkylation sites (tertiary alicyclic amines) is 1. The molecule has 128 valence electrons. The van der Waals surface area contributed by atoms with Crippen molar-refractivity contribution < 1.29 is 4.79 Å². The molecule has 2 fully saturated rings. The minimum atomic E-state index is 0.184. The van der Waals surface area contributed by atoms with Gasteiger partial charge in [0.2, 0.25) is 5.91 Å². The summed E-state index contributed by atoms with van der Waals surface area (Å²) in [7, 11) is 0. The normalized spacial score (nSPS) is 25.6. The second-order valence-electron chi connectivity index (χ2n) is 7.05. The van der Waals surface area contributed by atoms with Crippen molar-refractivity contribution in [3.63, 3.8) is 0 Å². The molecule has 0 radical (unpaired) electrons.